The van der Waals surface area contributed by atoms with E-state index in [1.54, 1.807) is 7.11 Å². The third kappa shape index (κ3) is 4.74. The number of fused-ring (bicyclic) bond motifs is 2. The van der Waals surface area contributed by atoms with Crippen LogP contribution in [0.5, 0.6) is 5.88 Å². The molecule has 178 valence electrons. The molecule has 0 aliphatic carbocycles. The smallest absolute Gasteiger partial charge is 0.199 e. The number of halogens is 1. The van der Waals surface area contributed by atoms with Crippen molar-refractivity contribution in [3.8, 4) is 5.88 Å². The number of ether oxygens (including phenoxy) is 1. The molecule has 5 rings (SSSR count). The minimum absolute atomic E-state index is 0.0682. The van der Waals surface area contributed by atoms with Crippen molar-refractivity contribution in [3.05, 3.63) is 58.1 Å². The van der Waals surface area contributed by atoms with Crippen molar-refractivity contribution in [1.82, 2.24) is 14.8 Å². The molecule has 2 aromatic carbocycles. The number of methoxy groups -OCH3 is 1. The molecule has 3 aromatic rings. The summed E-state index contributed by atoms with van der Waals surface area (Å²) in [6, 6.07) is 13.7. The van der Waals surface area contributed by atoms with Gasteiger partial charge in [0.2, 0.25) is 0 Å². The molecule has 1 saturated heterocycles. The van der Waals surface area contributed by atoms with Crippen molar-refractivity contribution < 1.29 is 14.7 Å². The molecule has 0 atom stereocenters. The first-order valence-corrected chi connectivity index (χ1v) is 12.3. The van der Waals surface area contributed by atoms with Crippen molar-refractivity contribution in [2.45, 2.75) is 0 Å². The molecule has 9 heteroatoms. The average Bonchev–Trinajstić information content (AvgIpc) is 3.36. The lowest BCUT2D eigenvalue weighted by Gasteiger charge is -2.34. The molecular weight excluding hydrogens is 498 g/mol. The van der Waals surface area contributed by atoms with E-state index in [-0.39, 0.29) is 5.88 Å². The number of aromatic nitrogens is 1. The summed E-state index contributed by atoms with van der Waals surface area (Å²) in [5.41, 5.74) is 4.42. The Morgan fingerprint density at radius 1 is 1.06 bits per heavy atom. The normalized spacial score (nSPS) is 17.9. The fourth-order valence-electron chi connectivity index (χ4n) is 4.47. The van der Waals surface area contributed by atoms with Gasteiger partial charge in [-0.05, 0) is 18.2 Å². The predicted octanol–water partition coefficient (Wildman–Crippen LogP) is 3.76. The molecule has 0 spiro atoms. The van der Waals surface area contributed by atoms with Gasteiger partial charge in [-0.25, -0.2) is 4.99 Å². The fourth-order valence-corrected chi connectivity index (χ4v) is 4.83. The Labute approximate surface area is 207 Å². The van der Waals surface area contributed by atoms with E-state index in [0.717, 1.165) is 72.5 Å². The quantitative estimate of drug-likeness (QED) is 0.345. The Morgan fingerprint density at radius 2 is 1.79 bits per heavy atom. The molecule has 1 aromatic heterocycles. The maximum absolute atomic E-state index is 10.7. The first-order valence-electron chi connectivity index (χ1n) is 11.5. The van der Waals surface area contributed by atoms with Crippen LogP contribution in [-0.4, -0.2) is 90.9 Å². The van der Waals surface area contributed by atoms with Gasteiger partial charge in [-0.15, -0.1) is 0 Å². The molecule has 2 aliphatic rings. The van der Waals surface area contributed by atoms with E-state index in [1.165, 1.54) is 0 Å². The van der Waals surface area contributed by atoms with Gasteiger partial charge in [0, 0.05) is 61.8 Å². The molecular formula is C25H28BrN5O3. The van der Waals surface area contributed by atoms with Crippen LogP contribution in [0, 0.1) is 0 Å². The van der Waals surface area contributed by atoms with Crippen LogP contribution < -0.4 is 0 Å². The summed E-state index contributed by atoms with van der Waals surface area (Å²) in [5.74, 6) is 0.0682. The zero-order valence-corrected chi connectivity index (χ0v) is 20.7. The van der Waals surface area contributed by atoms with Crippen LogP contribution in [0.15, 0.2) is 57.1 Å². The molecule has 0 bridgehead atoms. The van der Waals surface area contributed by atoms with E-state index in [2.05, 4.69) is 35.9 Å². The van der Waals surface area contributed by atoms with E-state index in [4.69, 9.17) is 14.6 Å². The third-order valence-electron chi connectivity index (χ3n) is 6.32. The SMILES string of the molecule is COCCN1CCN(CCON=C2C(c3c(O)[nH]c4cc(Br)ccc34)=Nc3ccccc32)CC1. The summed E-state index contributed by atoms with van der Waals surface area (Å²) in [4.78, 5) is 18.5. The second-order valence-corrected chi connectivity index (χ2v) is 9.38. The number of aromatic amines is 1. The second-order valence-electron chi connectivity index (χ2n) is 8.47. The second kappa shape index (κ2) is 10.3. The first kappa shape index (κ1) is 23.0. The Hall–Kier alpha value is -2.72. The van der Waals surface area contributed by atoms with Crippen molar-refractivity contribution in [2.75, 3.05) is 59.6 Å². The van der Waals surface area contributed by atoms with Crippen LogP contribution in [0.25, 0.3) is 10.9 Å². The van der Waals surface area contributed by atoms with Gasteiger partial charge in [0.15, 0.2) is 5.88 Å². The highest BCUT2D eigenvalue weighted by atomic mass is 79.9. The molecule has 0 amide bonds. The van der Waals surface area contributed by atoms with Crippen LogP contribution in [-0.2, 0) is 9.57 Å². The molecule has 2 N–H and O–H groups in total. The standard InChI is InChI=1S/C25H28BrN5O3/c1-33-14-12-30-8-10-31(11-9-30)13-15-34-29-23-19-4-2-3-5-20(19)27-24(23)22-18-7-6-17(26)16-21(18)28-25(22)32/h2-7,16,28,32H,8-15H2,1H3. The Kier molecular flexibility index (Phi) is 6.96. The van der Waals surface area contributed by atoms with Crippen LogP contribution in [0.4, 0.5) is 5.69 Å². The van der Waals surface area contributed by atoms with Crippen molar-refractivity contribution in [3.63, 3.8) is 0 Å². The van der Waals surface area contributed by atoms with Crippen molar-refractivity contribution >= 4 is 43.9 Å². The molecule has 8 nitrogen and oxygen atoms in total. The summed E-state index contributed by atoms with van der Waals surface area (Å²) in [6.45, 7) is 7.16. The Balaban J connectivity index is 1.30. The number of hydrogen-bond acceptors (Lipinski definition) is 7. The summed E-state index contributed by atoms with van der Waals surface area (Å²) < 4.78 is 6.11. The van der Waals surface area contributed by atoms with Crippen LogP contribution in [0.1, 0.15) is 11.1 Å². The molecule has 0 unspecified atom stereocenters. The van der Waals surface area contributed by atoms with E-state index >= 15 is 0 Å². The number of nitrogens with zero attached hydrogens (tertiary/aromatic N) is 4. The summed E-state index contributed by atoms with van der Waals surface area (Å²) >= 11 is 3.49. The fraction of sp³-hybridized carbons (Fsp3) is 0.360. The van der Waals surface area contributed by atoms with E-state index in [1.807, 2.05) is 42.5 Å². The largest absolute Gasteiger partial charge is 0.494 e. The van der Waals surface area contributed by atoms with Crippen molar-refractivity contribution in [1.29, 1.82) is 0 Å². The number of H-pyrrole nitrogens is 1. The van der Waals surface area contributed by atoms with Gasteiger partial charge in [-0.3, -0.25) is 9.80 Å². The third-order valence-corrected chi connectivity index (χ3v) is 6.82. The van der Waals surface area contributed by atoms with Crippen LogP contribution in [0.3, 0.4) is 0 Å². The molecule has 34 heavy (non-hydrogen) atoms. The van der Waals surface area contributed by atoms with E-state index in [0.29, 0.717) is 23.6 Å². The zero-order valence-electron chi connectivity index (χ0n) is 19.1. The van der Waals surface area contributed by atoms with Gasteiger partial charge in [-0.1, -0.05) is 45.4 Å². The molecule has 2 aliphatic heterocycles. The van der Waals surface area contributed by atoms with E-state index in [9.17, 15) is 5.11 Å². The number of piperazine rings is 1. The Morgan fingerprint density at radius 3 is 2.56 bits per heavy atom. The summed E-state index contributed by atoms with van der Waals surface area (Å²) in [5, 5.41) is 16.1. The summed E-state index contributed by atoms with van der Waals surface area (Å²) in [6.07, 6.45) is 0. The number of aromatic hydroxyl groups is 1. The first-order chi connectivity index (χ1) is 16.6. The Bertz CT molecular complexity index is 1230. The minimum atomic E-state index is 0.0682. The van der Waals surface area contributed by atoms with E-state index < -0.39 is 0 Å². The van der Waals surface area contributed by atoms with Crippen LogP contribution in [0.2, 0.25) is 0 Å². The van der Waals surface area contributed by atoms with Crippen molar-refractivity contribution in [2.24, 2.45) is 10.1 Å². The average molecular weight is 526 g/mol. The van der Waals surface area contributed by atoms with Gasteiger partial charge < -0.3 is 19.7 Å². The number of oxime groups is 1. The van der Waals surface area contributed by atoms with Gasteiger partial charge in [0.05, 0.1) is 23.4 Å². The zero-order chi connectivity index (χ0) is 23.5. The molecule has 1 fully saturated rings. The topological polar surface area (TPSA) is 85.7 Å². The highest BCUT2D eigenvalue weighted by molar-refractivity contribution is 9.10. The van der Waals surface area contributed by atoms with Crippen LogP contribution >= 0.6 is 15.9 Å². The number of hydrogen-bond donors (Lipinski definition) is 2. The lowest BCUT2D eigenvalue weighted by molar-refractivity contribution is 0.0678. The maximum atomic E-state index is 10.7. The lowest BCUT2D eigenvalue weighted by Crippen LogP contribution is -2.48. The number of para-hydroxylation sites is 1. The maximum Gasteiger partial charge on any atom is 0.199 e. The monoisotopic (exact) mass is 525 g/mol. The number of rotatable bonds is 8. The number of aliphatic imine (C=N–C) groups is 1. The minimum Gasteiger partial charge on any atom is -0.494 e. The molecule has 0 saturated carbocycles. The molecule has 3 heterocycles. The predicted molar refractivity (Wildman–Crippen MR) is 138 cm³/mol. The number of nitrogens with one attached hydrogen (secondary N) is 1. The van der Waals surface area contributed by atoms with Gasteiger partial charge in [0.25, 0.3) is 0 Å². The van der Waals surface area contributed by atoms with Gasteiger partial charge >= 0.3 is 0 Å². The summed E-state index contributed by atoms with van der Waals surface area (Å²) in [7, 11) is 1.74. The highest BCUT2D eigenvalue weighted by Gasteiger charge is 2.29. The number of benzene rings is 2. The molecule has 0 radical (unpaired) electrons. The lowest BCUT2D eigenvalue weighted by atomic mass is 10.0. The van der Waals surface area contributed by atoms with Gasteiger partial charge in [0.1, 0.15) is 18.0 Å². The highest BCUT2D eigenvalue weighted by Crippen LogP contribution is 2.36. The van der Waals surface area contributed by atoms with Gasteiger partial charge in [-0.2, -0.15) is 0 Å².